The van der Waals surface area contributed by atoms with Crippen molar-refractivity contribution in [3.05, 3.63) is 18.2 Å². The van der Waals surface area contributed by atoms with E-state index in [1.165, 1.54) is 0 Å². The lowest BCUT2D eigenvalue weighted by atomic mass is 10.2. The molecule has 0 bridgehead atoms. The molecule has 4 nitrogen and oxygen atoms in total. The number of nitrogens with zero attached hydrogens (tertiary/aromatic N) is 1. The molecule has 0 saturated carbocycles. The maximum atomic E-state index is 6.05. The highest BCUT2D eigenvalue weighted by Crippen LogP contribution is 2.33. The molecule has 0 aromatic heterocycles. The van der Waals surface area contributed by atoms with Crippen molar-refractivity contribution in [2.45, 2.75) is 12.5 Å². The van der Waals surface area contributed by atoms with Gasteiger partial charge < -0.3 is 20.1 Å². The van der Waals surface area contributed by atoms with Gasteiger partial charge in [0.05, 0.1) is 24.6 Å². The number of para-hydroxylation sites is 1. The molecule has 1 heterocycles. The summed E-state index contributed by atoms with van der Waals surface area (Å²) in [5.41, 5.74) is 7.80. The first kappa shape index (κ1) is 11.1. The number of rotatable bonds is 3. The quantitative estimate of drug-likeness (QED) is 0.787. The molecule has 2 N–H and O–H groups in total. The van der Waals surface area contributed by atoms with E-state index in [9.17, 15) is 0 Å². The molecule has 1 unspecified atom stereocenters. The van der Waals surface area contributed by atoms with E-state index in [0.29, 0.717) is 11.8 Å². The fourth-order valence-corrected chi connectivity index (χ4v) is 2.13. The van der Waals surface area contributed by atoms with Gasteiger partial charge in [-0.3, -0.25) is 0 Å². The number of ether oxygens (including phenoxy) is 2. The van der Waals surface area contributed by atoms with Crippen molar-refractivity contribution >= 4 is 11.4 Å². The van der Waals surface area contributed by atoms with Gasteiger partial charge in [-0.2, -0.15) is 0 Å². The first-order valence-corrected chi connectivity index (χ1v) is 5.46. The lowest BCUT2D eigenvalue weighted by Crippen LogP contribution is -2.23. The largest absolute Gasteiger partial charge is 0.495 e. The first-order chi connectivity index (χ1) is 7.76. The normalized spacial score (nSPS) is 20.1. The molecule has 0 radical (unpaired) electrons. The average Bonchev–Trinajstić information content (AvgIpc) is 2.78. The van der Waals surface area contributed by atoms with Crippen molar-refractivity contribution in [1.82, 2.24) is 0 Å². The van der Waals surface area contributed by atoms with Gasteiger partial charge in [-0.15, -0.1) is 0 Å². The van der Waals surface area contributed by atoms with Crippen LogP contribution in [0.3, 0.4) is 0 Å². The van der Waals surface area contributed by atoms with Crippen LogP contribution in [0.2, 0.25) is 0 Å². The highest BCUT2D eigenvalue weighted by atomic mass is 16.5. The van der Waals surface area contributed by atoms with Crippen LogP contribution in [-0.2, 0) is 4.74 Å². The molecular formula is C12H18N2O2. The van der Waals surface area contributed by atoms with Crippen LogP contribution in [-0.4, -0.2) is 33.4 Å². The number of hydrogen-bond acceptors (Lipinski definition) is 4. The molecule has 2 rings (SSSR count). The molecule has 4 heteroatoms. The summed E-state index contributed by atoms with van der Waals surface area (Å²) in [4.78, 5) is 2.24. The zero-order valence-corrected chi connectivity index (χ0v) is 9.77. The molecule has 0 spiro atoms. The van der Waals surface area contributed by atoms with E-state index in [0.717, 1.165) is 30.9 Å². The minimum atomic E-state index is 0.311. The molecule has 88 valence electrons. The van der Waals surface area contributed by atoms with Gasteiger partial charge in [0.1, 0.15) is 5.75 Å². The van der Waals surface area contributed by atoms with Crippen molar-refractivity contribution in [3.63, 3.8) is 0 Å². The second-order valence-corrected chi connectivity index (χ2v) is 3.99. The first-order valence-electron chi connectivity index (χ1n) is 5.46. The highest BCUT2D eigenvalue weighted by molar-refractivity contribution is 5.74. The molecule has 0 aliphatic carbocycles. The number of hydrogen-bond donors (Lipinski definition) is 1. The van der Waals surface area contributed by atoms with E-state index in [-0.39, 0.29) is 0 Å². The fourth-order valence-electron chi connectivity index (χ4n) is 2.13. The summed E-state index contributed by atoms with van der Waals surface area (Å²) in [7, 11) is 3.39. The molecule has 1 aromatic carbocycles. The van der Waals surface area contributed by atoms with Crippen LogP contribution >= 0.6 is 0 Å². The smallest absolute Gasteiger partial charge is 0.143 e. The Bertz CT molecular complexity index is 368. The molecule has 1 aromatic rings. The third kappa shape index (κ3) is 1.93. The van der Waals surface area contributed by atoms with E-state index in [1.54, 1.807) is 14.2 Å². The van der Waals surface area contributed by atoms with Gasteiger partial charge in [0.2, 0.25) is 0 Å². The second kappa shape index (κ2) is 4.61. The van der Waals surface area contributed by atoms with Crippen molar-refractivity contribution in [2.24, 2.45) is 0 Å². The Hall–Kier alpha value is -1.42. The number of anilines is 2. The predicted octanol–water partition coefficient (Wildman–Crippen LogP) is 1.50. The Balaban J connectivity index is 2.21. The van der Waals surface area contributed by atoms with Crippen molar-refractivity contribution in [3.8, 4) is 5.75 Å². The summed E-state index contributed by atoms with van der Waals surface area (Å²) >= 11 is 0. The van der Waals surface area contributed by atoms with E-state index >= 15 is 0 Å². The van der Waals surface area contributed by atoms with Crippen LogP contribution < -0.4 is 15.4 Å². The monoisotopic (exact) mass is 222 g/mol. The van der Waals surface area contributed by atoms with Crippen molar-refractivity contribution in [1.29, 1.82) is 0 Å². The van der Waals surface area contributed by atoms with Crippen LogP contribution in [0, 0.1) is 0 Å². The Morgan fingerprint density at radius 2 is 2.19 bits per heavy atom. The van der Waals surface area contributed by atoms with Gasteiger partial charge in [0.25, 0.3) is 0 Å². The van der Waals surface area contributed by atoms with Gasteiger partial charge >= 0.3 is 0 Å². The second-order valence-electron chi connectivity index (χ2n) is 3.99. The number of nitrogen functional groups attached to an aromatic ring is 1. The van der Waals surface area contributed by atoms with E-state index < -0.39 is 0 Å². The van der Waals surface area contributed by atoms with Gasteiger partial charge in [0.15, 0.2) is 0 Å². The number of methoxy groups -OCH3 is 2. The van der Waals surface area contributed by atoms with Crippen LogP contribution in [0.1, 0.15) is 6.42 Å². The topological polar surface area (TPSA) is 47.7 Å². The Labute approximate surface area is 95.9 Å². The minimum Gasteiger partial charge on any atom is -0.495 e. The van der Waals surface area contributed by atoms with Crippen LogP contribution in [0.4, 0.5) is 11.4 Å². The highest BCUT2D eigenvalue weighted by Gasteiger charge is 2.24. The Morgan fingerprint density at radius 1 is 1.38 bits per heavy atom. The van der Waals surface area contributed by atoms with Gasteiger partial charge in [0, 0.05) is 20.2 Å². The molecular weight excluding hydrogens is 204 g/mol. The van der Waals surface area contributed by atoms with E-state index in [4.69, 9.17) is 15.2 Å². The zero-order valence-electron chi connectivity index (χ0n) is 9.77. The summed E-state index contributed by atoms with van der Waals surface area (Å²) in [6.45, 7) is 1.88. The van der Waals surface area contributed by atoms with E-state index in [2.05, 4.69) is 4.90 Å². The van der Waals surface area contributed by atoms with Crippen molar-refractivity contribution in [2.75, 3.05) is 37.9 Å². The maximum Gasteiger partial charge on any atom is 0.143 e. The summed E-state index contributed by atoms with van der Waals surface area (Å²) in [5.74, 6) is 0.735. The lowest BCUT2D eigenvalue weighted by molar-refractivity contribution is 0.121. The van der Waals surface area contributed by atoms with Gasteiger partial charge in [-0.1, -0.05) is 6.07 Å². The third-order valence-corrected chi connectivity index (χ3v) is 3.08. The summed E-state index contributed by atoms with van der Waals surface area (Å²) < 4.78 is 10.6. The fraction of sp³-hybridized carbons (Fsp3) is 0.500. The Kier molecular flexibility index (Phi) is 3.19. The Morgan fingerprint density at radius 3 is 2.81 bits per heavy atom. The average molecular weight is 222 g/mol. The molecule has 1 aliphatic heterocycles. The predicted molar refractivity (Wildman–Crippen MR) is 65.0 cm³/mol. The summed E-state index contributed by atoms with van der Waals surface area (Å²) in [6, 6.07) is 5.86. The standard InChI is InChI=1S/C12H18N2O2/c1-15-9-6-7-14(8-9)10-4-3-5-11(16-2)12(10)13/h3-5,9H,6-8,13H2,1-2H3. The zero-order chi connectivity index (χ0) is 11.5. The number of nitrogens with two attached hydrogens (primary N) is 1. The summed E-state index contributed by atoms with van der Waals surface area (Å²) in [6.07, 6.45) is 1.36. The minimum absolute atomic E-state index is 0.311. The van der Waals surface area contributed by atoms with Gasteiger partial charge in [-0.05, 0) is 18.6 Å². The molecule has 1 aliphatic rings. The molecule has 1 fully saturated rings. The van der Waals surface area contributed by atoms with Crippen LogP contribution in [0.25, 0.3) is 0 Å². The SMILES string of the molecule is COc1cccc(N2CCC(OC)C2)c1N. The summed E-state index contributed by atoms with van der Waals surface area (Å²) in [5, 5.41) is 0. The number of benzene rings is 1. The van der Waals surface area contributed by atoms with Crippen molar-refractivity contribution < 1.29 is 9.47 Å². The molecule has 16 heavy (non-hydrogen) atoms. The molecule has 0 amide bonds. The third-order valence-electron chi connectivity index (χ3n) is 3.08. The van der Waals surface area contributed by atoms with E-state index in [1.807, 2.05) is 18.2 Å². The molecule has 1 atom stereocenters. The van der Waals surface area contributed by atoms with Gasteiger partial charge in [-0.25, -0.2) is 0 Å². The lowest BCUT2D eigenvalue weighted by Gasteiger charge is -2.21. The maximum absolute atomic E-state index is 6.05. The van der Waals surface area contributed by atoms with Crippen LogP contribution in [0.5, 0.6) is 5.75 Å². The molecule has 1 saturated heterocycles. The van der Waals surface area contributed by atoms with Crippen LogP contribution in [0.15, 0.2) is 18.2 Å².